The second kappa shape index (κ2) is 7.59. The summed E-state index contributed by atoms with van der Waals surface area (Å²) in [6, 6.07) is 1.24. The molecule has 0 aliphatic carbocycles. The Balaban J connectivity index is 2.70. The number of aromatic nitrogens is 3. The van der Waals surface area contributed by atoms with Crippen molar-refractivity contribution in [1.29, 1.82) is 0 Å². The highest BCUT2D eigenvalue weighted by atomic mass is 35.6. The minimum absolute atomic E-state index is 0.0261. The van der Waals surface area contributed by atoms with Gasteiger partial charge < -0.3 is 4.74 Å². The van der Waals surface area contributed by atoms with Crippen molar-refractivity contribution in [1.82, 2.24) is 14.8 Å². The third kappa shape index (κ3) is 4.48. The SMILES string of the molecule is CCOC(=O)c1nc(C(Cl)(Cl)Cl)n(-c2c(Cl)cc(C(F)(F)F)cc2Cl)n1. The first-order valence-electron chi connectivity index (χ1n) is 6.64. The normalized spacial score (nSPS) is 12.3. The van der Waals surface area contributed by atoms with Crippen LogP contribution in [-0.2, 0) is 14.7 Å². The van der Waals surface area contributed by atoms with E-state index in [9.17, 15) is 18.0 Å². The van der Waals surface area contributed by atoms with Crippen molar-refractivity contribution in [3.05, 3.63) is 39.4 Å². The van der Waals surface area contributed by atoms with Gasteiger partial charge in [-0.05, 0) is 19.1 Å². The highest BCUT2D eigenvalue weighted by molar-refractivity contribution is 6.66. The Morgan fingerprint density at radius 3 is 2.15 bits per heavy atom. The Morgan fingerprint density at radius 2 is 1.73 bits per heavy atom. The molecule has 0 saturated heterocycles. The first-order chi connectivity index (χ1) is 11.9. The number of benzene rings is 1. The quantitative estimate of drug-likeness (QED) is 0.432. The predicted molar refractivity (Wildman–Crippen MR) is 91.6 cm³/mol. The van der Waals surface area contributed by atoms with Crippen LogP contribution in [-0.4, -0.2) is 27.3 Å². The lowest BCUT2D eigenvalue weighted by Gasteiger charge is -2.16. The largest absolute Gasteiger partial charge is 0.460 e. The number of hydrogen-bond acceptors (Lipinski definition) is 4. The Labute approximate surface area is 169 Å². The molecule has 5 nitrogen and oxygen atoms in total. The first-order valence-corrected chi connectivity index (χ1v) is 8.53. The van der Waals surface area contributed by atoms with Gasteiger partial charge in [0.15, 0.2) is 5.82 Å². The fourth-order valence-corrected chi connectivity index (χ4v) is 2.88. The molecule has 0 unspecified atom stereocenters. The molecule has 1 heterocycles. The third-order valence-corrected chi connectivity index (χ3v) is 3.96. The molecule has 0 saturated carbocycles. The summed E-state index contributed by atoms with van der Waals surface area (Å²) in [7, 11) is 0. The van der Waals surface area contributed by atoms with Crippen LogP contribution in [0.25, 0.3) is 5.69 Å². The molecule has 2 rings (SSSR count). The smallest absolute Gasteiger partial charge is 0.416 e. The summed E-state index contributed by atoms with van der Waals surface area (Å²) >= 11 is 29.3. The van der Waals surface area contributed by atoms with Gasteiger partial charge in [0, 0.05) is 0 Å². The van der Waals surface area contributed by atoms with Crippen molar-refractivity contribution in [2.24, 2.45) is 0 Å². The number of carbonyl (C=O) groups is 1. The fraction of sp³-hybridized carbons (Fsp3) is 0.308. The van der Waals surface area contributed by atoms with Gasteiger partial charge in [-0.15, -0.1) is 5.10 Å². The topological polar surface area (TPSA) is 57.0 Å². The zero-order valence-corrected chi connectivity index (χ0v) is 16.3. The maximum Gasteiger partial charge on any atom is 0.416 e. The zero-order chi connectivity index (χ0) is 19.9. The van der Waals surface area contributed by atoms with Gasteiger partial charge in [0.2, 0.25) is 3.79 Å². The third-order valence-electron chi connectivity index (χ3n) is 2.87. The van der Waals surface area contributed by atoms with E-state index in [-0.39, 0.29) is 12.3 Å². The van der Waals surface area contributed by atoms with Crippen LogP contribution in [0.2, 0.25) is 10.0 Å². The monoisotopic (exact) mass is 469 g/mol. The molecule has 26 heavy (non-hydrogen) atoms. The van der Waals surface area contributed by atoms with Crippen LogP contribution >= 0.6 is 58.0 Å². The molecule has 0 aliphatic heterocycles. The van der Waals surface area contributed by atoms with Gasteiger partial charge >= 0.3 is 12.1 Å². The number of hydrogen-bond donors (Lipinski definition) is 0. The molecule has 1 aromatic heterocycles. The van der Waals surface area contributed by atoms with Crippen LogP contribution in [0.15, 0.2) is 12.1 Å². The van der Waals surface area contributed by atoms with Crippen LogP contribution in [0.3, 0.4) is 0 Å². The molecule has 2 aromatic rings. The van der Waals surface area contributed by atoms with Crippen molar-refractivity contribution in [2.45, 2.75) is 16.9 Å². The molecule has 0 fully saturated rings. The van der Waals surface area contributed by atoms with Crippen molar-refractivity contribution >= 4 is 64.0 Å². The van der Waals surface area contributed by atoms with Crippen molar-refractivity contribution < 1.29 is 22.7 Å². The summed E-state index contributed by atoms with van der Waals surface area (Å²) in [5.41, 5.74) is -1.33. The van der Waals surface area contributed by atoms with Gasteiger partial charge in [-0.2, -0.15) is 13.2 Å². The highest BCUT2D eigenvalue weighted by Gasteiger charge is 2.36. The highest BCUT2D eigenvalue weighted by Crippen LogP contribution is 2.42. The second-order valence-electron chi connectivity index (χ2n) is 4.68. The van der Waals surface area contributed by atoms with E-state index >= 15 is 0 Å². The first kappa shape index (κ1) is 21.4. The van der Waals surface area contributed by atoms with Crippen LogP contribution in [0.1, 0.15) is 28.9 Å². The van der Waals surface area contributed by atoms with Crippen molar-refractivity contribution in [3.63, 3.8) is 0 Å². The number of nitrogens with zero attached hydrogens (tertiary/aromatic N) is 3. The summed E-state index contributed by atoms with van der Waals surface area (Å²) in [5, 5.41) is 2.92. The molecule has 1 aromatic carbocycles. The summed E-state index contributed by atoms with van der Waals surface area (Å²) in [4.78, 5) is 15.6. The number of alkyl halides is 6. The molecule has 142 valence electrons. The lowest BCUT2D eigenvalue weighted by molar-refractivity contribution is -0.137. The van der Waals surface area contributed by atoms with E-state index in [2.05, 4.69) is 10.1 Å². The van der Waals surface area contributed by atoms with Gasteiger partial charge in [0.25, 0.3) is 5.82 Å². The minimum atomic E-state index is -4.68. The van der Waals surface area contributed by atoms with E-state index in [1.165, 1.54) is 0 Å². The lowest BCUT2D eigenvalue weighted by atomic mass is 10.2. The molecule has 0 radical (unpaired) electrons. The van der Waals surface area contributed by atoms with Gasteiger partial charge in [-0.1, -0.05) is 58.0 Å². The molecular weight excluding hydrogens is 464 g/mol. The van der Waals surface area contributed by atoms with E-state index in [1.807, 2.05) is 0 Å². The zero-order valence-electron chi connectivity index (χ0n) is 12.5. The second-order valence-corrected chi connectivity index (χ2v) is 7.77. The van der Waals surface area contributed by atoms with Crippen LogP contribution < -0.4 is 0 Å². The number of ether oxygens (including phenoxy) is 1. The van der Waals surface area contributed by atoms with Crippen molar-refractivity contribution in [2.75, 3.05) is 6.61 Å². The standard InChI is InChI=1S/C13H7Cl5F3N3O2/c1-2-26-10(25)9-22-11(12(16,17)18)24(23-9)8-6(14)3-5(4-7(8)15)13(19,20)21/h3-4H,2H2,1H3. The number of carbonyl (C=O) groups excluding carboxylic acids is 1. The van der Waals surface area contributed by atoms with Gasteiger partial charge in [-0.25, -0.2) is 14.5 Å². The molecule has 13 heteroatoms. The minimum Gasteiger partial charge on any atom is -0.460 e. The average Bonchev–Trinajstić information content (AvgIpc) is 2.91. The molecule has 0 N–H and O–H groups in total. The molecule has 0 bridgehead atoms. The van der Waals surface area contributed by atoms with E-state index in [0.29, 0.717) is 12.1 Å². The lowest BCUT2D eigenvalue weighted by Crippen LogP contribution is -2.13. The van der Waals surface area contributed by atoms with Crippen molar-refractivity contribution in [3.8, 4) is 5.69 Å². The fourth-order valence-electron chi connectivity index (χ4n) is 1.87. The van der Waals surface area contributed by atoms with E-state index in [4.69, 9.17) is 62.7 Å². The maximum absolute atomic E-state index is 12.9. The molecule has 0 aliphatic rings. The Bertz CT molecular complexity index is 826. The van der Waals surface area contributed by atoms with Crippen LogP contribution in [0, 0.1) is 0 Å². The van der Waals surface area contributed by atoms with Gasteiger partial charge in [-0.3, -0.25) is 0 Å². The molecular formula is C13H7Cl5F3N3O2. The average molecular weight is 471 g/mol. The molecule has 0 atom stereocenters. The maximum atomic E-state index is 12.9. The molecule has 0 spiro atoms. The number of halogens is 8. The van der Waals surface area contributed by atoms with Crippen LogP contribution in [0.5, 0.6) is 0 Å². The summed E-state index contributed by atoms with van der Waals surface area (Å²) in [6.07, 6.45) is -4.68. The van der Waals surface area contributed by atoms with Gasteiger partial charge in [0.05, 0.1) is 22.2 Å². The Kier molecular flexibility index (Phi) is 6.24. The van der Waals surface area contributed by atoms with E-state index in [1.54, 1.807) is 6.92 Å². The molecule has 0 amide bonds. The summed E-state index contributed by atoms with van der Waals surface area (Å²) in [5.74, 6) is -1.82. The predicted octanol–water partition coefficient (Wildman–Crippen LogP) is 5.60. The number of rotatable bonds is 3. The van der Waals surface area contributed by atoms with E-state index < -0.39 is 43.2 Å². The number of esters is 1. The Hall–Kier alpha value is -0.930. The summed E-state index contributed by atoms with van der Waals surface area (Å²) in [6.45, 7) is 1.58. The van der Waals surface area contributed by atoms with Crippen LogP contribution in [0.4, 0.5) is 13.2 Å². The Morgan fingerprint density at radius 1 is 1.19 bits per heavy atom. The van der Waals surface area contributed by atoms with Gasteiger partial charge in [0.1, 0.15) is 5.69 Å². The van der Waals surface area contributed by atoms with E-state index in [0.717, 1.165) is 4.68 Å². The summed E-state index contributed by atoms with van der Waals surface area (Å²) < 4.78 is 41.9.